The Morgan fingerprint density at radius 3 is 2.68 bits per heavy atom. The summed E-state index contributed by atoms with van der Waals surface area (Å²) in [5.41, 5.74) is 5.90. The number of likely N-dealkylation sites (tertiary alicyclic amines) is 1. The van der Waals surface area contributed by atoms with Crippen LogP contribution >= 0.6 is 0 Å². The van der Waals surface area contributed by atoms with Crippen molar-refractivity contribution in [3.63, 3.8) is 0 Å². The molecule has 0 aromatic carbocycles. The van der Waals surface area contributed by atoms with Crippen LogP contribution in [0.5, 0.6) is 0 Å². The molecule has 0 bridgehead atoms. The Morgan fingerprint density at radius 1 is 1.47 bits per heavy atom. The van der Waals surface area contributed by atoms with E-state index in [4.69, 9.17) is 5.73 Å². The molecule has 3 N–H and O–H groups in total. The van der Waals surface area contributed by atoms with Crippen LogP contribution in [-0.4, -0.2) is 46.5 Å². The van der Waals surface area contributed by atoms with Gasteiger partial charge in [0.1, 0.15) is 0 Å². The summed E-state index contributed by atoms with van der Waals surface area (Å²) in [4.78, 5) is 21.9. The largest absolute Gasteiger partial charge is 0.328 e. The highest BCUT2D eigenvalue weighted by molar-refractivity contribution is 5.90. The van der Waals surface area contributed by atoms with Gasteiger partial charge >= 0.3 is 0 Å². The van der Waals surface area contributed by atoms with Gasteiger partial charge in [-0.05, 0) is 44.8 Å². The number of piperidine rings is 1. The van der Waals surface area contributed by atoms with Crippen molar-refractivity contribution in [1.29, 1.82) is 0 Å². The summed E-state index contributed by atoms with van der Waals surface area (Å²) in [6, 6.07) is 1.96. The zero-order valence-corrected chi connectivity index (χ0v) is 11.2. The molecule has 6 nitrogen and oxygen atoms in total. The van der Waals surface area contributed by atoms with Crippen molar-refractivity contribution in [1.82, 2.24) is 14.9 Å². The maximum Gasteiger partial charge on any atom is 0.240 e. The Balaban J connectivity index is 1.75. The number of nitrogens with zero attached hydrogens (tertiary/aromatic N) is 3. The number of anilines is 1. The lowest BCUT2D eigenvalue weighted by Crippen LogP contribution is -2.42. The molecule has 1 fully saturated rings. The summed E-state index contributed by atoms with van der Waals surface area (Å²) in [6.45, 7) is 4.30. The van der Waals surface area contributed by atoms with Crippen molar-refractivity contribution < 1.29 is 4.79 Å². The first-order valence-corrected chi connectivity index (χ1v) is 6.70. The van der Waals surface area contributed by atoms with E-state index in [-0.39, 0.29) is 11.9 Å². The number of hydrogen-bond donors (Lipinski definition) is 2. The average Bonchev–Trinajstić information content (AvgIpc) is 2.40. The Labute approximate surface area is 113 Å². The summed E-state index contributed by atoms with van der Waals surface area (Å²) in [5.74, 6) is 0.875. The van der Waals surface area contributed by atoms with Crippen molar-refractivity contribution in [3.05, 3.63) is 18.5 Å². The van der Waals surface area contributed by atoms with Gasteiger partial charge in [-0.1, -0.05) is 0 Å². The van der Waals surface area contributed by atoms with Crippen molar-refractivity contribution >= 4 is 11.9 Å². The molecule has 19 heavy (non-hydrogen) atoms. The molecule has 1 aromatic heterocycles. The molecule has 0 aliphatic carbocycles. The fourth-order valence-electron chi connectivity index (χ4n) is 2.37. The van der Waals surface area contributed by atoms with Crippen LogP contribution in [0.1, 0.15) is 19.8 Å². The van der Waals surface area contributed by atoms with Crippen LogP contribution in [0.15, 0.2) is 18.5 Å². The monoisotopic (exact) mass is 263 g/mol. The molecule has 2 rings (SSSR count). The van der Waals surface area contributed by atoms with E-state index in [1.54, 1.807) is 18.5 Å². The van der Waals surface area contributed by atoms with Gasteiger partial charge < -0.3 is 5.73 Å². The molecule has 6 heteroatoms. The normalized spacial score (nSPS) is 19.1. The average molecular weight is 263 g/mol. The van der Waals surface area contributed by atoms with Gasteiger partial charge in [-0.2, -0.15) is 0 Å². The van der Waals surface area contributed by atoms with Crippen molar-refractivity contribution in [2.45, 2.75) is 25.8 Å². The topological polar surface area (TPSA) is 84.1 Å². The number of hydrogen-bond acceptors (Lipinski definition) is 5. The first kappa shape index (κ1) is 13.9. The minimum absolute atomic E-state index is 0.0644. The molecular weight excluding hydrogens is 242 g/mol. The molecule has 0 saturated carbocycles. The molecular formula is C13H21N5O. The van der Waals surface area contributed by atoms with Gasteiger partial charge in [-0.3, -0.25) is 15.0 Å². The summed E-state index contributed by atoms with van der Waals surface area (Å²) in [5, 5.41) is 2.70. The van der Waals surface area contributed by atoms with Crippen LogP contribution in [-0.2, 0) is 4.79 Å². The first-order chi connectivity index (χ1) is 9.15. The molecule has 0 radical (unpaired) electrons. The van der Waals surface area contributed by atoms with Crippen LogP contribution in [0.25, 0.3) is 0 Å². The number of amides is 1. The summed E-state index contributed by atoms with van der Waals surface area (Å²) in [7, 11) is 0. The number of nitrogens with one attached hydrogen (secondary N) is 1. The third kappa shape index (κ3) is 4.25. The van der Waals surface area contributed by atoms with E-state index >= 15 is 0 Å². The van der Waals surface area contributed by atoms with Crippen molar-refractivity contribution in [3.8, 4) is 0 Å². The predicted octanol–water partition coefficient (Wildman–Crippen LogP) is 0.474. The van der Waals surface area contributed by atoms with Crippen LogP contribution in [0.4, 0.5) is 5.95 Å². The van der Waals surface area contributed by atoms with Crippen LogP contribution in [0.3, 0.4) is 0 Å². The minimum Gasteiger partial charge on any atom is -0.328 e. The van der Waals surface area contributed by atoms with Crippen molar-refractivity contribution in [2.24, 2.45) is 11.7 Å². The summed E-state index contributed by atoms with van der Waals surface area (Å²) >= 11 is 0. The zero-order chi connectivity index (χ0) is 13.7. The van der Waals surface area contributed by atoms with Crippen LogP contribution in [0, 0.1) is 5.92 Å². The molecule has 1 aliphatic rings. The second-order valence-electron chi connectivity index (χ2n) is 5.09. The molecule has 1 saturated heterocycles. The summed E-state index contributed by atoms with van der Waals surface area (Å²) < 4.78 is 0. The lowest BCUT2D eigenvalue weighted by molar-refractivity contribution is -0.117. The lowest BCUT2D eigenvalue weighted by atomic mass is 9.91. The zero-order valence-electron chi connectivity index (χ0n) is 11.2. The second-order valence-corrected chi connectivity index (χ2v) is 5.09. The Bertz CT molecular complexity index is 401. The molecule has 1 aliphatic heterocycles. The fourth-order valence-corrected chi connectivity index (χ4v) is 2.37. The number of rotatable bonds is 4. The van der Waals surface area contributed by atoms with Gasteiger partial charge in [0.25, 0.3) is 0 Å². The second kappa shape index (κ2) is 6.58. The van der Waals surface area contributed by atoms with Gasteiger partial charge in [0, 0.05) is 18.4 Å². The Hall–Kier alpha value is -1.53. The minimum atomic E-state index is -0.0644. The van der Waals surface area contributed by atoms with Crippen LogP contribution in [0.2, 0.25) is 0 Å². The van der Waals surface area contributed by atoms with Gasteiger partial charge in [0.2, 0.25) is 11.9 Å². The molecule has 1 aromatic rings. The summed E-state index contributed by atoms with van der Waals surface area (Å²) in [6.07, 6.45) is 5.34. The third-order valence-electron chi connectivity index (χ3n) is 3.56. The number of nitrogens with two attached hydrogens (primary N) is 1. The van der Waals surface area contributed by atoms with E-state index in [0.717, 1.165) is 25.9 Å². The van der Waals surface area contributed by atoms with E-state index in [0.29, 0.717) is 18.4 Å². The first-order valence-electron chi connectivity index (χ1n) is 6.70. The highest BCUT2D eigenvalue weighted by atomic mass is 16.2. The van der Waals surface area contributed by atoms with Gasteiger partial charge in [-0.15, -0.1) is 0 Å². The maximum absolute atomic E-state index is 11.8. The molecule has 1 amide bonds. The van der Waals surface area contributed by atoms with Gasteiger partial charge in [0.05, 0.1) is 6.54 Å². The van der Waals surface area contributed by atoms with Crippen molar-refractivity contribution in [2.75, 3.05) is 25.0 Å². The molecule has 2 heterocycles. The van der Waals surface area contributed by atoms with Gasteiger partial charge in [-0.25, -0.2) is 9.97 Å². The quantitative estimate of drug-likeness (QED) is 0.825. The fraction of sp³-hybridized carbons (Fsp3) is 0.615. The predicted molar refractivity (Wildman–Crippen MR) is 73.5 cm³/mol. The van der Waals surface area contributed by atoms with Gasteiger partial charge in [0.15, 0.2) is 0 Å². The number of aromatic nitrogens is 2. The van der Waals surface area contributed by atoms with E-state index in [9.17, 15) is 4.79 Å². The maximum atomic E-state index is 11.8. The Morgan fingerprint density at radius 2 is 2.11 bits per heavy atom. The molecule has 1 unspecified atom stereocenters. The number of carbonyl (C=O) groups is 1. The number of carbonyl (C=O) groups excluding carboxylic acids is 1. The van der Waals surface area contributed by atoms with E-state index < -0.39 is 0 Å². The van der Waals surface area contributed by atoms with E-state index in [1.807, 2.05) is 0 Å². The molecule has 1 atom stereocenters. The van der Waals surface area contributed by atoms with E-state index in [2.05, 4.69) is 27.1 Å². The molecule has 104 valence electrons. The third-order valence-corrected chi connectivity index (χ3v) is 3.56. The highest BCUT2D eigenvalue weighted by Gasteiger charge is 2.23. The SMILES string of the molecule is CC(N)C1CCN(CC(=O)Nc2ncccn2)CC1. The molecule has 0 spiro atoms. The lowest BCUT2D eigenvalue weighted by Gasteiger charge is -2.33. The van der Waals surface area contributed by atoms with E-state index in [1.165, 1.54) is 0 Å². The van der Waals surface area contributed by atoms with Crippen LogP contribution < -0.4 is 11.1 Å². The highest BCUT2D eigenvalue weighted by Crippen LogP contribution is 2.19. The Kier molecular flexibility index (Phi) is 4.81. The smallest absolute Gasteiger partial charge is 0.240 e. The standard InChI is InChI=1S/C13H21N5O/c1-10(14)11-3-7-18(8-4-11)9-12(19)17-13-15-5-2-6-16-13/h2,5-6,10-11H,3-4,7-9,14H2,1H3,(H,15,16,17,19).